The van der Waals surface area contributed by atoms with E-state index in [1.54, 1.807) is 7.05 Å². The fourth-order valence-electron chi connectivity index (χ4n) is 2.53. The van der Waals surface area contributed by atoms with Crippen LogP contribution in [0.15, 0.2) is 12.7 Å². The van der Waals surface area contributed by atoms with Gasteiger partial charge in [0.1, 0.15) is 24.1 Å². The predicted octanol–water partition coefficient (Wildman–Crippen LogP) is -1.44. The Hall–Kier alpha value is -1.66. The minimum atomic E-state index is -4.66. The summed E-state index contributed by atoms with van der Waals surface area (Å²) < 4.78 is 22.3. The van der Waals surface area contributed by atoms with Crippen molar-refractivity contribution in [3.63, 3.8) is 0 Å². The molecular weight excluding hydrogens is 343 g/mol. The highest BCUT2D eigenvalue weighted by Gasteiger charge is 2.44. The van der Waals surface area contributed by atoms with Crippen molar-refractivity contribution in [2.75, 3.05) is 19.0 Å². The van der Waals surface area contributed by atoms with Crippen LogP contribution in [0.2, 0.25) is 0 Å². The second-order valence-electron chi connectivity index (χ2n) is 5.22. The maximum absolute atomic E-state index is 10.8. The molecule has 0 radical (unpaired) electrons. The highest BCUT2D eigenvalue weighted by atomic mass is 31.2. The molecule has 0 spiro atoms. The van der Waals surface area contributed by atoms with Crippen molar-refractivity contribution in [3.05, 3.63) is 12.7 Å². The van der Waals surface area contributed by atoms with Crippen LogP contribution in [-0.2, 0) is 13.8 Å². The van der Waals surface area contributed by atoms with E-state index < -0.39 is 38.9 Å². The summed E-state index contributed by atoms with van der Waals surface area (Å²) in [7, 11) is -2.97. The number of aliphatic hydroxyl groups excluding tert-OH is 1. The number of aromatic nitrogens is 4. The Morgan fingerprint density at radius 3 is 2.88 bits per heavy atom. The van der Waals surface area contributed by atoms with E-state index >= 15 is 0 Å². The monoisotopic (exact) mass is 360 g/mol. The van der Waals surface area contributed by atoms with Crippen LogP contribution in [0.5, 0.6) is 0 Å². The van der Waals surface area contributed by atoms with E-state index in [1.165, 1.54) is 17.2 Å². The zero-order valence-corrected chi connectivity index (χ0v) is 13.4. The van der Waals surface area contributed by atoms with Crippen molar-refractivity contribution < 1.29 is 28.7 Å². The number of nitrogens with one attached hydrogen (secondary N) is 1. The maximum atomic E-state index is 10.8. The number of nitrogens with two attached hydrogens (primary N) is 1. The van der Waals surface area contributed by atoms with Gasteiger partial charge in [-0.3, -0.25) is 9.09 Å². The molecule has 2 aromatic heterocycles. The van der Waals surface area contributed by atoms with Crippen LogP contribution in [0.25, 0.3) is 11.2 Å². The van der Waals surface area contributed by atoms with Crippen molar-refractivity contribution in [1.29, 1.82) is 0 Å². The van der Waals surface area contributed by atoms with Gasteiger partial charge in [0.15, 0.2) is 17.7 Å². The molecule has 1 saturated heterocycles. The Morgan fingerprint density at radius 1 is 1.46 bits per heavy atom. The van der Waals surface area contributed by atoms with Gasteiger partial charge in [0, 0.05) is 7.05 Å². The van der Waals surface area contributed by atoms with Gasteiger partial charge in [0.05, 0.1) is 19.0 Å². The first kappa shape index (κ1) is 17.2. The number of nitrogens with zero attached hydrogens (tertiary/aromatic N) is 4. The molecule has 1 unspecified atom stereocenters. The molecule has 6 N–H and O–H groups in total. The number of phosphoric acid groups is 1. The normalized spacial score (nSPS) is 27.7. The van der Waals surface area contributed by atoms with Gasteiger partial charge >= 0.3 is 7.82 Å². The maximum Gasteiger partial charge on any atom is 0.469 e. The van der Waals surface area contributed by atoms with Crippen LogP contribution in [0.1, 0.15) is 6.23 Å². The summed E-state index contributed by atoms with van der Waals surface area (Å²) in [6, 6.07) is -0.899. The standard InChI is InChI=1S/C11H17N6O6P/c1-13-9-7-10(15-3-14-9)17(4-16-7)11-8(18)6(12)5(23-11)2-22-24(19,20)21/h3-6,8,11,18H,2,12H2,1H3,(H,13,14,15)(H2,19,20,21)/t5-,6+,8?,11-/m1/s1. The number of fused-ring (bicyclic) bond motifs is 1. The third kappa shape index (κ3) is 3.13. The molecule has 0 saturated carbocycles. The average molecular weight is 360 g/mol. The topological polar surface area (TPSA) is 178 Å². The van der Waals surface area contributed by atoms with Gasteiger partial charge in [-0.2, -0.15) is 0 Å². The summed E-state index contributed by atoms with van der Waals surface area (Å²) in [5.74, 6) is 0.511. The Balaban J connectivity index is 1.86. The number of imidazole rings is 1. The summed E-state index contributed by atoms with van der Waals surface area (Å²) in [6.45, 7) is -0.456. The van der Waals surface area contributed by atoms with Crippen LogP contribution in [0, 0.1) is 0 Å². The van der Waals surface area contributed by atoms with Gasteiger partial charge in [0.2, 0.25) is 0 Å². The molecule has 0 bridgehead atoms. The van der Waals surface area contributed by atoms with Gasteiger partial charge < -0.3 is 30.7 Å². The molecule has 1 aliphatic rings. The molecule has 2 aromatic rings. The van der Waals surface area contributed by atoms with Crippen LogP contribution in [0.3, 0.4) is 0 Å². The summed E-state index contributed by atoms with van der Waals surface area (Å²) in [4.78, 5) is 29.9. The van der Waals surface area contributed by atoms with E-state index in [-0.39, 0.29) is 0 Å². The number of anilines is 1. The first-order valence-corrected chi connectivity index (χ1v) is 8.49. The Labute approximate surface area is 135 Å². The Morgan fingerprint density at radius 2 is 2.21 bits per heavy atom. The zero-order valence-electron chi connectivity index (χ0n) is 12.6. The minimum Gasteiger partial charge on any atom is -0.387 e. The summed E-state index contributed by atoms with van der Waals surface area (Å²) in [6.07, 6.45) is -0.203. The molecule has 132 valence electrons. The molecule has 0 aliphatic carbocycles. The predicted molar refractivity (Wildman–Crippen MR) is 80.8 cm³/mol. The lowest BCUT2D eigenvalue weighted by molar-refractivity contribution is -0.0483. The average Bonchev–Trinajstić information content (AvgIpc) is 3.07. The molecule has 12 nitrogen and oxygen atoms in total. The molecule has 0 aromatic carbocycles. The minimum absolute atomic E-state index is 0.419. The number of phosphoric ester groups is 1. The Kier molecular flexibility index (Phi) is 4.53. The lowest BCUT2D eigenvalue weighted by Crippen LogP contribution is -2.41. The van der Waals surface area contributed by atoms with Crippen LogP contribution in [-0.4, -0.2) is 66.3 Å². The number of hydrogen-bond acceptors (Lipinski definition) is 9. The quantitative estimate of drug-likeness (QED) is 0.394. The molecule has 4 atom stereocenters. The smallest absolute Gasteiger partial charge is 0.387 e. The molecule has 13 heteroatoms. The van der Waals surface area contributed by atoms with E-state index in [9.17, 15) is 9.67 Å². The van der Waals surface area contributed by atoms with Gasteiger partial charge in [-0.15, -0.1) is 0 Å². The van der Waals surface area contributed by atoms with Gasteiger partial charge in [-0.05, 0) is 0 Å². The molecule has 1 fully saturated rings. The number of rotatable bonds is 5. The number of ether oxygens (including phenoxy) is 1. The summed E-state index contributed by atoms with van der Waals surface area (Å²) >= 11 is 0. The van der Waals surface area contributed by atoms with E-state index in [4.69, 9.17) is 20.3 Å². The lowest BCUT2D eigenvalue weighted by Gasteiger charge is -2.16. The van der Waals surface area contributed by atoms with Crippen molar-refractivity contribution >= 4 is 24.8 Å². The van der Waals surface area contributed by atoms with Gasteiger partial charge in [-0.1, -0.05) is 0 Å². The fourth-order valence-corrected chi connectivity index (χ4v) is 2.87. The summed E-state index contributed by atoms with van der Waals surface area (Å²) in [5.41, 5.74) is 6.77. The van der Waals surface area contributed by atoms with Crippen molar-refractivity contribution in [3.8, 4) is 0 Å². The van der Waals surface area contributed by atoms with Crippen molar-refractivity contribution in [1.82, 2.24) is 19.5 Å². The van der Waals surface area contributed by atoms with E-state index in [0.29, 0.717) is 17.0 Å². The molecule has 1 aliphatic heterocycles. The largest absolute Gasteiger partial charge is 0.469 e. The molecule has 0 amide bonds. The molecule has 3 heterocycles. The summed E-state index contributed by atoms with van der Waals surface area (Å²) in [5, 5.41) is 13.2. The Bertz CT molecular complexity index is 779. The highest BCUT2D eigenvalue weighted by molar-refractivity contribution is 7.46. The second-order valence-corrected chi connectivity index (χ2v) is 6.46. The van der Waals surface area contributed by atoms with Crippen LogP contribution < -0.4 is 11.1 Å². The molecule has 24 heavy (non-hydrogen) atoms. The zero-order chi connectivity index (χ0) is 17.5. The first-order chi connectivity index (χ1) is 11.3. The van der Waals surface area contributed by atoms with Crippen molar-refractivity contribution in [2.45, 2.75) is 24.5 Å². The highest BCUT2D eigenvalue weighted by Crippen LogP contribution is 2.38. The molecular formula is C11H17N6O6P. The van der Waals surface area contributed by atoms with Crippen LogP contribution >= 0.6 is 7.82 Å². The van der Waals surface area contributed by atoms with E-state index in [1.807, 2.05) is 0 Å². The fraction of sp³-hybridized carbons (Fsp3) is 0.545. The van der Waals surface area contributed by atoms with Crippen LogP contribution in [0.4, 0.5) is 5.82 Å². The lowest BCUT2D eigenvalue weighted by atomic mass is 10.1. The number of hydrogen-bond donors (Lipinski definition) is 5. The third-order valence-electron chi connectivity index (χ3n) is 3.71. The molecule has 3 rings (SSSR count). The third-order valence-corrected chi connectivity index (χ3v) is 4.19. The van der Waals surface area contributed by atoms with E-state index in [0.717, 1.165) is 0 Å². The SMILES string of the molecule is CNc1ncnc2c1ncn2[C@@H]1O[C@H](COP(=O)(O)O)[C@H](N)C1O. The van der Waals surface area contributed by atoms with Crippen molar-refractivity contribution in [2.24, 2.45) is 5.73 Å². The van der Waals surface area contributed by atoms with Gasteiger partial charge in [-0.25, -0.2) is 19.5 Å². The number of aliphatic hydroxyl groups is 1. The van der Waals surface area contributed by atoms with E-state index in [2.05, 4.69) is 24.8 Å². The first-order valence-electron chi connectivity index (χ1n) is 6.96. The van der Waals surface area contributed by atoms with Gasteiger partial charge in [0.25, 0.3) is 0 Å². The second kappa shape index (κ2) is 6.33.